The maximum Gasteiger partial charge on any atom is 0.333 e. The van der Waals surface area contributed by atoms with E-state index < -0.39 is 8.32 Å². The molecular weight excluding hydrogens is 244 g/mol. The minimum absolute atomic E-state index is 0.289. The zero-order valence-electron chi connectivity index (χ0n) is 12.4. The fourth-order valence-electron chi connectivity index (χ4n) is 2.26. The van der Waals surface area contributed by atoms with Crippen molar-refractivity contribution in [2.45, 2.75) is 58.7 Å². The number of hydrogen-bond donors (Lipinski definition) is 0. The van der Waals surface area contributed by atoms with E-state index in [0.29, 0.717) is 12.2 Å². The Morgan fingerprint density at radius 3 is 2.06 bits per heavy atom. The van der Waals surface area contributed by atoms with Gasteiger partial charge >= 0.3 is 5.97 Å². The predicted octanol–water partition coefficient (Wildman–Crippen LogP) is 3.91. The standard InChI is InChI=1S/C14H28O3Si/c1-6-10-18(11-7-2,17-8-3)12-9-16-14(15)13(4)5/h4,6-12H2,1-3,5H3. The molecule has 0 N–H and O–H groups in total. The van der Waals surface area contributed by atoms with Gasteiger partial charge in [-0.1, -0.05) is 33.3 Å². The van der Waals surface area contributed by atoms with Crippen molar-refractivity contribution in [3.63, 3.8) is 0 Å². The SMILES string of the molecule is C=C(C)C(=O)OCC[Si](CCC)(CCC)OCC. The van der Waals surface area contributed by atoms with E-state index in [2.05, 4.69) is 20.4 Å². The third-order valence-electron chi connectivity index (χ3n) is 3.00. The second-order valence-electron chi connectivity index (χ2n) is 4.78. The first-order valence-electron chi connectivity index (χ1n) is 6.98. The first kappa shape index (κ1) is 17.4. The van der Waals surface area contributed by atoms with Gasteiger partial charge in [0, 0.05) is 18.2 Å². The summed E-state index contributed by atoms with van der Waals surface area (Å²) >= 11 is 0. The van der Waals surface area contributed by atoms with Crippen molar-refractivity contribution >= 4 is 14.3 Å². The Morgan fingerprint density at radius 2 is 1.67 bits per heavy atom. The molecule has 0 amide bonds. The third-order valence-corrected chi connectivity index (χ3v) is 7.84. The van der Waals surface area contributed by atoms with Crippen molar-refractivity contribution in [1.29, 1.82) is 0 Å². The number of hydrogen-bond acceptors (Lipinski definition) is 3. The molecule has 0 aliphatic carbocycles. The van der Waals surface area contributed by atoms with E-state index >= 15 is 0 Å². The van der Waals surface area contributed by atoms with Crippen LogP contribution in [0.3, 0.4) is 0 Å². The van der Waals surface area contributed by atoms with Gasteiger partial charge < -0.3 is 9.16 Å². The first-order chi connectivity index (χ1) is 8.51. The van der Waals surface area contributed by atoms with Gasteiger partial charge in [-0.05, 0) is 25.9 Å². The Kier molecular flexibility index (Phi) is 9.02. The topological polar surface area (TPSA) is 35.5 Å². The van der Waals surface area contributed by atoms with Crippen molar-refractivity contribution in [1.82, 2.24) is 0 Å². The molecule has 0 aromatic rings. The van der Waals surface area contributed by atoms with Crippen LogP contribution in [0, 0.1) is 0 Å². The lowest BCUT2D eigenvalue weighted by Gasteiger charge is -2.30. The highest BCUT2D eigenvalue weighted by atomic mass is 28.4. The average molecular weight is 272 g/mol. The largest absolute Gasteiger partial charge is 0.463 e. The van der Waals surface area contributed by atoms with Gasteiger partial charge in [-0.25, -0.2) is 4.79 Å². The van der Waals surface area contributed by atoms with Crippen LogP contribution in [0.4, 0.5) is 0 Å². The molecule has 18 heavy (non-hydrogen) atoms. The van der Waals surface area contributed by atoms with Gasteiger partial charge in [-0.15, -0.1) is 0 Å². The molecule has 0 unspecified atom stereocenters. The molecule has 0 bridgehead atoms. The van der Waals surface area contributed by atoms with E-state index in [1.165, 1.54) is 0 Å². The van der Waals surface area contributed by atoms with Crippen LogP contribution in [0.15, 0.2) is 12.2 Å². The molecular formula is C14H28O3Si. The van der Waals surface area contributed by atoms with Crippen LogP contribution in [-0.2, 0) is 14.0 Å². The monoisotopic (exact) mass is 272 g/mol. The second kappa shape index (κ2) is 9.33. The summed E-state index contributed by atoms with van der Waals surface area (Å²) in [4.78, 5) is 11.4. The van der Waals surface area contributed by atoms with Gasteiger partial charge in [0.25, 0.3) is 0 Å². The number of ether oxygens (including phenoxy) is 1. The van der Waals surface area contributed by atoms with Crippen LogP contribution < -0.4 is 0 Å². The molecule has 0 saturated carbocycles. The lowest BCUT2D eigenvalue weighted by Crippen LogP contribution is -2.39. The van der Waals surface area contributed by atoms with Gasteiger partial charge in [0.1, 0.15) is 0 Å². The van der Waals surface area contributed by atoms with Gasteiger partial charge in [0.2, 0.25) is 0 Å². The molecule has 0 atom stereocenters. The number of carbonyl (C=O) groups excluding carboxylic acids is 1. The highest BCUT2D eigenvalue weighted by Crippen LogP contribution is 2.26. The summed E-state index contributed by atoms with van der Waals surface area (Å²) in [6.45, 7) is 12.9. The minimum Gasteiger partial charge on any atom is -0.463 e. The van der Waals surface area contributed by atoms with Crippen LogP contribution in [0.1, 0.15) is 40.5 Å². The number of carbonyl (C=O) groups is 1. The molecule has 0 aromatic carbocycles. The van der Waals surface area contributed by atoms with E-state index in [-0.39, 0.29) is 5.97 Å². The zero-order valence-corrected chi connectivity index (χ0v) is 13.4. The highest BCUT2D eigenvalue weighted by molar-refractivity contribution is 6.73. The van der Waals surface area contributed by atoms with Gasteiger partial charge in [0.15, 0.2) is 8.32 Å². The zero-order chi connectivity index (χ0) is 14.0. The van der Waals surface area contributed by atoms with Crippen LogP contribution in [0.5, 0.6) is 0 Å². The third kappa shape index (κ3) is 6.35. The summed E-state index contributed by atoms with van der Waals surface area (Å²) < 4.78 is 11.3. The van der Waals surface area contributed by atoms with Crippen LogP contribution >= 0.6 is 0 Å². The van der Waals surface area contributed by atoms with Gasteiger partial charge in [0.05, 0.1) is 6.61 Å². The highest BCUT2D eigenvalue weighted by Gasteiger charge is 2.32. The minimum atomic E-state index is -1.70. The van der Waals surface area contributed by atoms with Crippen molar-refractivity contribution in [2.24, 2.45) is 0 Å². The quantitative estimate of drug-likeness (QED) is 0.344. The molecule has 0 saturated heterocycles. The molecule has 0 spiro atoms. The fraction of sp³-hybridized carbons (Fsp3) is 0.786. The summed E-state index contributed by atoms with van der Waals surface area (Å²) in [7, 11) is -1.70. The van der Waals surface area contributed by atoms with Gasteiger partial charge in [-0.3, -0.25) is 0 Å². The Labute approximate surface area is 113 Å². The Hall–Kier alpha value is -0.613. The van der Waals surface area contributed by atoms with Crippen molar-refractivity contribution in [3.8, 4) is 0 Å². The summed E-state index contributed by atoms with van der Waals surface area (Å²) in [5, 5.41) is 0. The van der Waals surface area contributed by atoms with Crippen LogP contribution in [-0.4, -0.2) is 27.5 Å². The van der Waals surface area contributed by atoms with Crippen molar-refractivity contribution in [3.05, 3.63) is 12.2 Å². The van der Waals surface area contributed by atoms with Crippen LogP contribution in [0.2, 0.25) is 18.1 Å². The normalized spacial score (nSPS) is 11.3. The molecule has 4 heteroatoms. The molecule has 0 heterocycles. The molecule has 0 fully saturated rings. The molecule has 106 valence electrons. The van der Waals surface area contributed by atoms with E-state index in [0.717, 1.165) is 37.6 Å². The van der Waals surface area contributed by atoms with Crippen LogP contribution in [0.25, 0.3) is 0 Å². The predicted molar refractivity (Wildman–Crippen MR) is 78.2 cm³/mol. The average Bonchev–Trinajstić information content (AvgIpc) is 2.29. The maximum absolute atomic E-state index is 11.4. The molecule has 0 radical (unpaired) electrons. The van der Waals surface area contributed by atoms with Crippen molar-refractivity contribution in [2.75, 3.05) is 13.2 Å². The molecule has 3 nitrogen and oxygen atoms in total. The number of esters is 1. The van der Waals surface area contributed by atoms with E-state index in [1.54, 1.807) is 6.92 Å². The van der Waals surface area contributed by atoms with Crippen molar-refractivity contribution < 1.29 is 14.0 Å². The lowest BCUT2D eigenvalue weighted by molar-refractivity contribution is -0.138. The van der Waals surface area contributed by atoms with E-state index in [9.17, 15) is 4.79 Å². The Bertz CT molecular complexity index is 247. The van der Waals surface area contributed by atoms with E-state index in [1.807, 2.05) is 6.92 Å². The fourth-order valence-corrected chi connectivity index (χ4v) is 6.35. The summed E-state index contributed by atoms with van der Waals surface area (Å²) in [5.74, 6) is -0.289. The number of rotatable bonds is 10. The molecule has 0 aromatic heterocycles. The molecule has 0 aliphatic rings. The lowest BCUT2D eigenvalue weighted by atomic mass is 10.4. The Balaban J connectivity index is 4.37. The Morgan fingerprint density at radius 1 is 1.11 bits per heavy atom. The summed E-state index contributed by atoms with van der Waals surface area (Å²) in [6, 6.07) is 3.21. The molecule has 0 rings (SSSR count). The second-order valence-corrected chi connectivity index (χ2v) is 8.94. The maximum atomic E-state index is 11.4. The molecule has 0 aliphatic heterocycles. The van der Waals surface area contributed by atoms with Gasteiger partial charge in [-0.2, -0.15) is 0 Å². The summed E-state index contributed by atoms with van der Waals surface area (Å²) in [6.07, 6.45) is 2.28. The summed E-state index contributed by atoms with van der Waals surface area (Å²) in [5.41, 5.74) is 0.463. The first-order valence-corrected chi connectivity index (χ1v) is 9.50. The smallest absolute Gasteiger partial charge is 0.333 e. The van der Waals surface area contributed by atoms with E-state index in [4.69, 9.17) is 9.16 Å².